The summed E-state index contributed by atoms with van der Waals surface area (Å²) >= 11 is 0. The molecule has 0 fully saturated rings. The zero-order valence-corrected chi connectivity index (χ0v) is 29.0. The van der Waals surface area contributed by atoms with Crippen LogP contribution in [0.4, 0.5) is 0 Å². The summed E-state index contributed by atoms with van der Waals surface area (Å²) in [6.45, 7) is 17.3. The smallest absolute Gasteiger partial charge is 0.330 e. The van der Waals surface area contributed by atoms with Crippen molar-refractivity contribution in [1.82, 2.24) is 0 Å². The highest BCUT2D eigenvalue weighted by molar-refractivity contribution is 5.85. The predicted octanol–water partition coefficient (Wildman–Crippen LogP) is 12.1. The van der Waals surface area contributed by atoms with Crippen LogP contribution in [0.15, 0.2) is 93.2 Å². The molecule has 0 atom stereocenters. The van der Waals surface area contributed by atoms with Gasteiger partial charge in [-0.15, -0.1) is 0 Å². The first-order chi connectivity index (χ1) is 20.4. The van der Waals surface area contributed by atoms with Crippen LogP contribution in [0.1, 0.15) is 145 Å². The van der Waals surface area contributed by atoms with E-state index < -0.39 is 5.97 Å². The zero-order chi connectivity index (χ0) is 32.5. The van der Waals surface area contributed by atoms with Crippen LogP contribution in [0.3, 0.4) is 0 Å². The van der Waals surface area contributed by atoms with E-state index in [0.717, 1.165) is 89.9 Å². The molecule has 0 rings (SSSR count). The molecule has 0 aromatic carbocycles. The maximum Gasteiger partial charge on any atom is 0.330 e. The summed E-state index contributed by atoms with van der Waals surface area (Å²) in [4.78, 5) is 10.9. The van der Waals surface area contributed by atoms with Gasteiger partial charge in [-0.05, 0) is 145 Å². The van der Waals surface area contributed by atoms with Crippen LogP contribution < -0.4 is 0 Å². The van der Waals surface area contributed by atoms with E-state index in [1.807, 2.05) is 12.2 Å². The highest BCUT2D eigenvalue weighted by Gasteiger charge is 1.99. The van der Waals surface area contributed by atoms with Gasteiger partial charge >= 0.3 is 5.97 Å². The Hall–Kier alpha value is -2.65. The van der Waals surface area contributed by atoms with Gasteiger partial charge in [-0.25, -0.2) is 4.79 Å². The van der Waals surface area contributed by atoms with E-state index in [0.29, 0.717) is 5.57 Å². The summed E-state index contributed by atoms with van der Waals surface area (Å²) in [6.07, 6.45) is 32.9. The van der Waals surface area contributed by atoms with Gasteiger partial charge in [-0.1, -0.05) is 87.6 Å². The third-order valence-corrected chi connectivity index (χ3v) is 7.96. The van der Waals surface area contributed by atoms with Crippen LogP contribution in [0.5, 0.6) is 0 Å². The largest absolute Gasteiger partial charge is 0.478 e. The summed E-state index contributed by atoms with van der Waals surface area (Å²) in [5, 5.41) is 17.9. The summed E-state index contributed by atoms with van der Waals surface area (Å²) in [6, 6.07) is 0. The predicted molar refractivity (Wildman–Crippen MR) is 189 cm³/mol. The first kappa shape index (κ1) is 40.4. The lowest BCUT2D eigenvalue weighted by molar-refractivity contribution is -0.132. The number of carbonyl (C=O) groups is 1. The summed E-state index contributed by atoms with van der Waals surface area (Å²) < 4.78 is 0. The molecule has 242 valence electrons. The summed E-state index contributed by atoms with van der Waals surface area (Å²) in [7, 11) is 0. The summed E-state index contributed by atoms with van der Waals surface area (Å²) in [5.41, 5.74) is 10.4. The Morgan fingerprint density at radius 3 is 0.814 bits per heavy atom. The van der Waals surface area contributed by atoms with Gasteiger partial charge in [0.1, 0.15) is 0 Å². The van der Waals surface area contributed by atoms with Gasteiger partial charge in [-0.2, -0.15) is 0 Å². The van der Waals surface area contributed by atoms with E-state index in [9.17, 15) is 4.79 Å². The highest BCUT2D eigenvalue weighted by atomic mass is 16.4. The first-order valence-corrected chi connectivity index (χ1v) is 16.5. The number of carboxylic acid groups (broad SMARTS) is 1. The molecular weight excluding hydrogens is 528 g/mol. The molecule has 0 bridgehead atoms. The van der Waals surface area contributed by atoms with Crippen molar-refractivity contribution in [3.05, 3.63) is 93.2 Å². The Balaban J connectivity index is 4.21. The van der Waals surface area contributed by atoms with Crippen molar-refractivity contribution in [2.75, 3.05) is 6.61 Å². The van der Waals surface area contributed by atoms with E-state index in [2.05, 4.69) is 84.9 Å². The van der Waals surface area contributed by atoms with Crippen molar-refractivity contribution in [2.45, 2.75) is 145 Å². The van der Waals surface area contributed by atoms with Gasteiger partial charge in [-0.3, -0.25) is 0 Å². The molecule has 3 nitrogen and oxygen atoms in total. The van der Waals surface area contributed by atoms with E-state index in [4.69, 9.17) is 10.2 Å². The second-order valence-corrected chi connectivity index (χ2v) is 12.5. The molecule has 0 heterocycles. The molecule has 0 spiro atoms. The third-order valence-electron chi connectivity index (χ3n) is 7.96. The van der Waals surface area contributed by atoms with Crippen molar-refractivity contribution >= 4 is 5.97 Å². The lowest BCUT2D eigenvalue weighted by Gasteiger charge is -2.04. The van der Waals surface area contributed by atoms with E-state index in [1.165, 1.54) is 39.0 Å². The number of aliphatic hydroxyl groups is 1. The highest BCUT2D eigenvalue weighted by Crippen LogP contribution is 2.17. The Morgan fingerprint density at radius 2 is 0.605 bits per heavy atom. The fraction of sp³-hybridized carbons (Fsp3) is 0.575. The molecule has 0 aromatic heterocycles. The van der Waals surface area contributed by atoms with E-state index in [-0.39, 0.29) is 6.61 Å². The van der Waals surface area contributed by atoms with Crippen LogP contribution in [0.2, 0.25) is 0 Å². The van der Waals surface area contributed by atoms with E-state index >= 15 is 0 Å². The second-order valence-electron chi connectivity index (χ2n) is 12.5. The van der Waals surface area contributed by atoms with Crippen molar-refractivity contribution in [1.29, 1.82) is 0 Å². The van der Waals surface area contributed by atoms with Gasteiger partial charge in [0.05, 0.1) is 6.61 Å². The topological polar surface area (TPSA) is 57.5 Å². The lowest BCUT2D eigenvalue weighted by Crippen LogP contribution is -1.95. The van der Waals surface area contributed by atoms with E-state index in [1.54, 1.807) is 6.92 Å². The number of aliphatic hydroxyl groups excluding tert-OH is 1. The average Bonchev–Trinajstić information content (AvgIpc) is 2.93. The molecule has 0 saturated carbocycles. The van der Waals surface area contributed by atoms with Crippen molar-refractivity contribution in [3.8, 4) is 0 Å². The number of rotatable bonds is 23. The Bertz CT molecular complexity index is 1050. The Morgan fingerprint density at radius 1 is 0.395 bits per heavy atom. The van der Waals surface area contributed by atoms with Gasteiger partial charge in [0.25, 0.3) is 0 Å². The molecule has 0 aliphatic heterocycles. The Kier molecular flexibility index (Phi) is 24.2. The number of carboxylic acids is 1. The molecule has 0 aliphatic rings. The molecule has 0 unspecified atom stereocenters. The fourth-order valence-corrected chi connectivity index (χ4v) is 4.75. The van der Waals surface area contributed by atoms with Gasteiger partial charge in [0.2, 0.25) is 0 Å². The molecule has 43 heavy (non-hydrogen) atoms. The zero-order valence-electron chi connectivity index (χ0n) is 29.0. The fourth-order valence-electron chi connectivity index (χ4n) is 4.75. The quantitative estimate of drug-likeness (QED) is 0.0916. The summed E-state index contributed by atoms with van der Waals surface area (Å²) in [5.74, 6) is -0.828. The normalized spacial score (nSPS) is 15.0. The van der Waals surface area contributed by atoms with Crippen LogP contribution in [-0.2, 0) is 4.79 Å². The van der Waals surface area contributed by atoms with Crippen molar-refractivity contribution < 1.29 is 15.0 Å². The number of aliphatic carboxylic acids is 1. The Labute approximate surface area is 265 Å². The van der Waals surface area contributed by atoms with Crippen LogP contribution in [0, 0.1) is 0 Å². The first-order valence-electron chi connectivity index (χ1n) is 16.5. The van der Waals surface area contributed by atoms with Gasteiger partial charge in [0.15, 0.2) is 0 Å². The number of hydrogen-bond acceptors (Lipinski definition) is 2. The minimum Gasteiger partial charge on any atom is -0.478 e. The molecule has 0 aliphatic carbocycles. The SMILES string of the molecule is C/C(=C/CO)CC/C=C(/C)CC/C=C(/C)CC/C=C(/C)CC/C=C(/C)CC/C=C(\C)CC/C=C(\C)CC/C=C(\C)C(=O)O. The molecule has 0 amide bonds. The molecule has 0 radical (unpaired) electrons. The average molecular weight is 593 g/mol. The molecular formula is C40H64O3. The maximum atomic E-state index is 10.9. The van der Waals surface area contributed by atoms with Crippen LogP contribution in [0.25, 0.3) is 0 Å². The standard InChI is InChI=1S/C40H64O3/c1-32(18-10-19-34(3)22-12-23-36(5)26-14-27-38(7)30-31-41)16-9-17-33(2)20-11-21-35(4)24-13-25-37(6)28-15-29-39(8)40(42)43/h17-18,21-22,25-26,29-30,41H,9-16,19-20,23-24,27-28,31H2,1-8H3,(H,42,43)/b32-18-,33-17-,34-22-,35-21+,36-26-,37-25+,38-30-,39-29+. The maximum absolute atomic E-state index is 10.9. The minimum absolute atomic E-state index is 0.142. The van der Waals surface area contributed by atoms with Crippen LogP contribution in [-0.4, -0.2) is 22.8 Å². The molecule has 0 aromatic rings. The molecule has 0 saturated heterocycles. The molecule has 2 N–H and O–H groups in total. The van der Waals surface area contributed by atoms with Gasteiger partial charge in [0, 0.05) is 5.57 Å². The van der Waals surface area contributed by atoms with Gasteiger partial charge < -0.3 is 10.2 Å². The lowest BCUT2D eigenvalue weighted by atomic mass is 10.0. The molecule has 3 heteroatoms. The number of hydrogen-bond donors (Lipinski definition) is 2. The monoisotopic (exact) mass is 592 g/mol. The number of allylic oxidation sites excluding steroid dienone is 14. The third kappa shape index (κ3) is 25.6. The minimum atomic E-state index is -0.828. The van der Waals surface area contributed by atoms with Crippen molar-refractivity contribution in [3.63, 3.8) is 0 Å². The van der Waals surface area contributed by atoms with Crippen molar-refractivity contribution in [2.24, 2.45) is 0 Å². The second kappa shape index (κ2) is 25.8. The van der Waals surface area contributed by atoms with Crippen LogP contribution >= 0.6 is 0 Å².